The summed E-state index contributed by atoms with van der Waals surface area (Å²) in [6.07, 6.45) is 0.956. The molecule has 3 nitrogen and oxygen atoms in total. The van der Waals surface area contributed by atoms with Crippen LogP contribution >= 0.6 is 12.2 Å². The monoisotopic (exact) mass is 285 g/mol. The van der Waals surface area contributed by atoms with E-state index in [1.54, 1.807) is 0 Å². The van der Waals surface area contributed by atoms with Crippen molar-refractivity contribution in [3.05, 3.63) is 66.2 Å². The Morgan fingerprint density at radius 2 is 1.60 bits per heavy atom. The summed E-state index contributed by atoms with van der Waals surface area (Å²) >= 11 is 5.28. The number of benzene rings is 2. The van der Waals surface area contributed by atoms with E-state index in [-0.39, 0.29) is 0 Å². The molecular formula is C16H19N3S. The summed E-state index contributed by atoms with van der Waals surface area (Å²) in [7, 11) is 1.94. The van der Waals surface area contributed by atoms with Crippen LogP contribution in [0.1, 0.15) is 5.56 Å². The SMILES string of the molecule is CN(NC(=S)NCCc1ccccc1)c1ccccc1. The predicted molar refractivity (Wildman–Crippen MR) is 88.7 cm³/mol. The number of anilines is 1. The predicted octanol–water partition coefficient (Wildman–Crippen LogP) is 2.74. The second kappa shape index (κ2) is 7.50. The lowest BCUT2D eigenvalue weighted by atomic mass is 10.1. The Morgan fingerprint density at radius 1 is 1.00 bits per heavy atom. The highest BCUT2D eigenvalue weighted by Crippen LogP contribution is 2.08. The van der Waals surface area contributed by atoms with Crippen LogP contribution in [-0.2, 0) is 6.42 Å². The first-order valence-electron chi connectivity index (χ1n) is 6.63. The number of thiocarbonyl (C=S) groups is 1. The van der Waals surface area contributed by atoms with Gasteiger partial charge in [0.15, 0.2) is 5.11 Å². The highest BCUT2D eigenvalue weighted by Gasteiger charge is 2.01. The molecule has 0 saturated carbocycles. The van der Waals surface area contributed by atoms with Gasteiger partial charge in [-0.3, -0.25) is 10.4 Å². The Balaban J connectivity index is 1.73. The number of nitrogens with one attached hydrogen (secondary N) is 2. The van der Waals surface area contributed by atoms with Gasteiger partial charge in [-0.25, -0.2) is 0 Å². The van der Waals surface area contributed by atoms with E-state index in [9.17, 15) is 0 Å². The largest absolute Gasteiger partial charge is 0.361 e. The molecule has 0 aliphatic rings. The molecule has 2 aromatic carbocycles. The molecule has 2 N–H and O–H groups in total. The third kappa shape index (κ3) is 4.55. The van der Waals surface area contributed by atoms with Gasteiger partial charge in [0, 0.05) is 13.6 Å². The Kier molecular flexibility index (Phi) is 5.38. The van der Waals surface area contributed by atoms with Crippen molar-refractivity contribution < 1.29 is 0 Å². The fraction of sp³-hybridized carbons (Fsp3) is 0.188. The third-order valence-corrected chi connectivity index (χ3v) is 3.19. The van der Waals surface area contributed by atoms with Crippen molar-refractivity contribution in [2.24, 2.45) is 0 Å². The lowest BCUT2D eigenvalue weighted by molar-refractivity contribution is 0.803. The van der Waals surface area contributed by atoms with Crippen molar-refractivity contribution in [2.45, 2.75) is 6.42 Å². The first-order chi connectivity index (χ1) is 9.75. The second-order valence-electron chi connectivity index (χ2n) is 4.50. The molecule has 0 fully saturated rings. The summed E-state index contributed by atoms with van der Waals surface area (Å²) in [4.78, 5) is 0. The quantitative estimate of drug-likeness (QED) is 0.652. The molecule has 0 atom stereocenters. The zero-order valence-corrected chi connectivity index (χ0v) is 12.4. The minimum atomic E-state index is 0.632. The zero-order chi connectivity index (χ0) is 14.2. The maximum atomic E-state index is 5.28. The molecule has 0 heterocycles. The van der Waals surface area contributed by atoms with Crippen molar-refractivity contribution in [2.75, 3.05) is 18.6 Å². The van der Waals surface area contributed by atoms with Gasteiger partial charge in [-0.2, -0.15) is 0 Å². The number of para-hydroxylation sites is 1. The van der Waals surface area contributed by atoms with Crippen molar-refractivity contribution in [3.8, 4) is 0 Å². The van der Waals surface area contributed by atoms with Gasteiger partial charge in [0.2, 0.25) is 0 Å². The fourth-order valence-corrected chi connectivity index (χ4v) is 2.11. The van der Waals surface area contributed by atoms with Crippen LogP contribution in [0, 0.1) is 0 Å². The summed E-state index contributed by atoms with van der Waals surface area (Å²) < 4.78 is 0. The third-order valence-electron chi connectivity index (χ3n) is 2.95. The van der Waals surface area contributed by atoms with Crippen LogP contribution in [0.25, 0.3) is 0 Å². The molecular weight excluding hydrogens is 266 g/mol. The number of nitrogens with zero attached hydrogens (tertiary/aromatic N) is 1. The molecule has 0 bridgehead atoms. The van der Waals surface area contributed by atoms with Gasteiger partial charge in [0.05, 0.1) is 5.69 Å². The average Bonchev–Trinajstić information content (AvgIpc) is 2.49. The van der Waals surface area contributed by atoms with Crippen LogP contribution in [0.5, 0.6) is 0 Å². The molecule has 0 aliphatic carbocycles. The molecule has 0 unspecified atom stereocenters. The molecule has 4 heteroatoms. The highest BCUT2D eigenvalue weighted by molar-refractivity contribution is 7.80. The van der Waals surface area contributed by atoms with E-state index in [1.807, 2.05) is 48.5 Å². The van der Waals surface area contributed by atoms with E-state index < -0.39 is 0 Å². The molecule has 0 radical (unpaired) electrons. The first kappa shape index (κ1) is 14.3. The van der Waals surface area contributed by atoms with Crippen LogP contribution in [0.2, 0.25) is 0 Å². The Bertz CT molecular complexity index is 528. The van der Waals surface area contributed by atoms with Gasteiger partial charge in [-0.1, -0.05) is 48.5 Å². The Hall–Kier alpha value is -2.07. The molecule has 104 valence electrons. The number of rotatable bonds is 5. The van der Waals surface area contributed by atoms with E-state index in [2.05, 4.69) is 35.0 Å². The van der Waals surface area contributed by atoms with Gasteiger partial charge in [0.25, 0.3) is 0 Å². The standard InChI is InChI=1S/C16H19N3S/c1-19(15-10-6-3-7-11-15)18-16(20)17-13-12-14-8-4-2-5-9-14/h2-11H,12-13H2,1H3,(H2,17,18,20). The van der Waals surface area contributed by atoms with Crippen molar-refractivity contribution in [1.29, 1.82) is 0 Å². The smallest absolute Gasteiger partial charge is 0.185 e. The fourth-order valence-electron chi connectivity index (χ4n) is 1.87. The Labute approximate surface area is 125 Å². The molecule has 0 saturated heterocycles. The average molecular weight is 285 g/mol. The van der Waals surface area contributed by atoms with Crippen LogP contribution in [0.4, 0.5) is 5.69 Å². The van der Waals surface area contributed by atoms with Gasteiger partial charge < -0.3 is 5.32 Å². The molecule has 0 amide bonds. The summed E-state index contributed by atoms with van der Waals surface area (Å²) in [6, 6.07) is 20.4. The van der Waals surface area contributed by atoms with Crippen molar-refractivity contribution in [1.82, 2.24) is 10.7 Å². The van der Waals surface area contributed by atoms with E-state index in [4.69, 9.17) is 12.2 Å². The number of hydrogen-bond donors (Lipinski definition) is 2. The normalized spacial score (nSPS) is 9.85. The van der Waals surface area contributed by atoms with Crippen LogP contribution < -0.4 is 15.8 Å². The van der Waals surface area contributed by atoms with Crippen molar-refractivity contribution in [3.63, 3.8) is 0 Å². The Morgan fingerprint density at radius 3 is 2.25 bits per heavy atom. The van der Waals surface area contributed by atoms with Gasteiger partial charge in [-0.05, 0) is 36.3 Å². The van der Waals surface area contributed by atoms with Crippen LogP contribution in [0.3, 0.4) is 0 Å². The summed E-state index contributed by atoms with van der Waals surface area (Å²) in [5.41, 5.74) is 5.51. The van der Waals surface area contributed by atoms with Crippen LogP contribution in [-0.4, -0.2) is 18.7 Å². The van der Waals surface area contributed by atoms with E-state index >= 15 is 0 Å². The lowest BCUT2D eigenvalue weighted by Gasteiger charge is -2.22. The van der Waals surface area contributed by atoms with Crippen molar-refractivity contribution >= 4 is 23.0 Å². The van der Waals surface area contributed by atoms with Gasteiger partial charge in [-0.15, -0.1) is 0 Å². The molecule has 0 spiro atoms. The highest BCUT2D eigenvalue weighted by atomic mass is 32.1. The minimum Gasteiger partial charge on any atom is -0.361 e. The lowest BCUT2D eigenvalue weighted by Crippen LogP contribution is -2.45. The summed E-state index contributed by atoms with van der Waals surface area (Å²) in [5.74, 6) is 0. The van der Waals surface area contributed by atoms with E-state index in [1.165, 1.54) is 5.56 Å². The van der Waals surface area contributed by atoms with Crippen LogP contribution in [0.15, 0.2) is 60.7 Å². The number of hydrazine groups is 1. The maximum absolute atomic E-state index is 5.28. The molecule has 20 heavy (non-hydrogen) atoms. The van der Waals surface area contributed by atoms with E-state index in [0.29, 0.717) is 5.11 Å². The molecule has 2 aromatic rings. The van der Waals surface area contributed by atoms with Gasteiger partial charge in [0.1, 0.15) is 0 Å². The molecule has 2 rings (SSSR count). The maximum Gasteiger partial charge on any atom is 0.185 e. The molecule has 0 aliphatic heterocycles. The second-order valence-corrected chi connectivity index (χ2v) is 4.91. The minimum absolute atomic E-state index is 0.632. The molecule has 0 aromatic heterocycles. The number of hydrogen-bond acceptors (Lipinski definition) is 2. The van der Waals surface area contributed by atoms with Gasteiger partial charge >= 0.3 is 0 Å². The summed E-state index contributed by atoms with van der Waals surface area (Å²) in [6.45, 7) is 0.818. The first-order valence-corrected chi connectivity index (χ1v) is 7.04. The zero-order valence-electron chi connectivity index (χ0n) is 11.5. The van der Waals surface area contributed by atoms with E-state index in [0.717, 1.165) is 18.7 Å². The summed E-state index contributed by atoms with van der Waals surface area (Å²) in [5, 5.41) is 5.74. The topological polar surface area (TPSA) is 27.3 Å².